The number of rotatable bonds is 12. The largest absolute Gasteiger partial charge is 0.492 e. The number of ether oxygens (including phenoxy) is 5. The van der Waals surface area contributed by atoms with Crippen molar-refractivity contribution in [3.8, 4) is 5.75 Å². The molecule has 0 spiro atoms. The third-order valence-electron chi connectivity index (χ3n) is 12.0. The number of epoxide rings is 1. The summed E-state index contributed by atoms with van der Waals surface area (Å²) >= 11 is 11.2. The van der Waals surface area contributed by atoms with Gasteiger partial charge < -0.3 is 38.6 Å². The number of halogens is 1. The van der Waals surface area contributed by atoms with Gasteiger partial charge in [0.1, 0.15) is 40.7 Å². The number of aliphatic hydroxyl groups is 1. The van der Waals surface area contributed by atoms with Gasteiger partial charge in [-0.25, -0.2) is 9.59 Å². The number of carbonyl (C=O) groups excluding carboxylic acids is 4. The van der Waals surface area contributed by atoms with Gasteiger partial charge in [0.2, 0.25) is 11.8 Å². The number of nitrogens with zero attached hydrogens (tertiary/aromatic N) is 2. The minimum absolute atomic E-state index is 0.0461. The maximum absolute atomic E-state index is 14.4. The van der Waals surface area contributed by atoms with Gasteiger partial charge >= 0.3 is 12.1 Å². The van der Waals surface area contributed by atoms with Crippen LogP contribution >= 0.6 is 24.2 Å². The van der Waals surface area contributed by atoms with Crippen LogP contribution in [0, 0.1) is 17.8 Å². The number of esters is 1. The number of nitrogens with one attached hydrogen (secondary N) is 1. The van der Waals surface area contributed by atoms with Crippen LogP contribution in [0.4, 0.5) is 10.5 Å². The molecule has 57 heavy (non-hydrogen) atoms. The highest BCUT2D eigenvalue weighted by atomic mass is 35.5. The zero-order chi connectivity index (χ0) is 41.8. The number of alkyl carbamates (subject to hydrolysis) is 1. The number of likely N-dealkylation sites (N-methyl/N-ethyl adjacent to an activating group) is 1. The predicted octanol–water partition coefficient (Wildman–Crippen LogP) is 6.03. The summed E-state index contributed by atoms with van der Waals surface area (Å²) in [5.41, 5.74) is -0.804. The highest BCUT2D eigenvalue weighted by molar-refractivity contribution is 7.80. The quantitative estimate of drug-likeness (QED) is 0.129. The molecule has 3 aliphatic heterocycles. The Labute approximate surface area is 347 Å². The molecule has 3 amide bonds. The van der Waals surface area contributed by atoms with Crippen LogP contribution < -0.4 is 15.0 Å². The molecule has 1 aromatic rings. The highest BCUT2D eigenvalue weighted by Gasteiger charge is 2.64. The summed E-state index contributed by atoms with van der Waals surface area (Å²) in [6.45, 7) is 9.74. The molecule has 0 aromatic heterocycles. The Balaban J connectivity index is 1.55. The Morgan fingerprint density at radius 2 is 1.96 bits per heavy atom. The number of amides is 3. The summed E-state index contributed by atoms with van der Waals surface area (Å²) in [4.78, 5) is 56.5. The van der Waals surface area contributed by atoms with Crippen LogP contribution in [-0.4, -0.2) is 109 Å². The second-order valence-corrected chi connectivity index (χ2v) is 17.2. The van der Waals surface area contributed by atoms with Crippen LogP contribution in [0.2, 0.25) is 5.02 Å². The van der Waals surface area contributed by atoms with E-state index in [4.69, 9.17) is 35.3 Å². The van der Waals surface area contributed by atoms with Gasteiger partial charge in [0, 0.05) is 40.0 Å². The molecule has 4 bridgehead atoms. The van der Waals surface area contributed by atoms with E-state index in [1.54, 1.807) is 33.0 Å². The standard InChI is InChI=1S/C42H60ClN3O10S/c1-9-11-29(28-14-15-28)23-53-31-20-27-18-24(2)12-10-13-33(52-8)42(51)22-32(54-40(50)44-42)25(3)38-41(5,56-38)34(21-36(48)46(7)30(19-27)37(31)43)55-39(49)26(4)45(6)35(47)16-17-57/h10,12-13,19-20,25-26,28-29,32-34,38,51,57H,9,11,14-18,21-23H2,1-8H3,(H,44,50)/b13-10+,24-12+/t25-,26+,29?,32+,33-,34+,38?,41+,42+/m1/s1. The first-order chi connectivity index (χ1) is 27.0. The van der Waals surface area contributed by atoms with E-state index in [9.17, 15) is 24.3 Å². The second-order valence-electron chi connectivity index (χ2n) is 16.4. The van der Waals surface area contributed by atoms with E-state index in [0.717, 1.165) is 24.0 Å². The normalized spacial score (nSPS) is 31.7. The van der Waals surface area contributed by atoms with E-state index < -0.39 is 65.7 Å². The fraction of sp³-hybridized carbons (Fsp3) is 0.667. The van der Waals surface area contributed by atoms with Crippen molar-refractivity contribution in [1.82, 2.24) is 10.2 Å². The average molecular weight is 834 g/mol. The summed E-state index contributed by atoms with van der Waals surface area (Å²) in [6, 6.07) is 2.79. The number of fused-ring (bicyclic) bond motifs is 5. The van der Waals surface area contributed by atoms with Gasteiger partial charge in [0.15, 0.2) is 5.72 Å². The third kappa shape index (κ3) is 10.5. The molecule has 9 atom stereocenters. The summed E-state index contributed by atoms with van der Waals surface area (Å²) in [6.07, 6.45) is 5.69. The van der Waals surface area contributed by atoms with Crippen molar-refractivity contribution in [2.45, 2.75) is 128 Å². The first-order valence-corrected chi connectivity index (χ1v) is 21.0. The van der Waals surface area contributed by atoms with Crippen molar-refractivity contribution in [1.29, 1.82) is 0 Å². The molecule has 1 aromatic carbocycles. The minimum atomic E-state index is -1.83. The lowest BCUT2D eigenvalue weighted by molar-refractivity contribution is -0.162. The van der Waals surface area contributed by atoms with E-state index in [1.807, 2.05) is 32.1 Å². The van der Waals surface area contributed by atoms with E-state index in [-0.39, 0.29) is 30.2 Å². The maximum atomic E-state index is 14.4. The minimum Gasteiger partial charge on any atom is -0.492 e. The molecule has 1 aliphatic carbocycles. The van der Waals surface area contributed by atoms with E-state index >= 15 is 0 Å². The van der Waals surface area contributed by atoms with Crippen molar-refractivity contribution < 1.29 is 48.0 Å². The smallest absolute Gasteiger partial charge is 0.409 e. The summed E-state index contributed by atoms with van der Waals surface area (Å²) in [5, 5.41) is 14.6. The van der Waals surface area contributed by atoms with Crippen LogP contribution in [0.1, 0.15) is 85.1 Å². The van der Waals surface area contributed by atoms with Crippen LogP contribution in [0.3, 0.4) is 0 Å². The van der Waals surface area contributed by atoms with E-state index in [0.29, 0.717) is 42.1 Å². The van der Waals surface area contributed by atoms with Crippen LogP contribution in [0.15, 0.2) is 35.9 Å². The number of hydrogen-bond donors (Lipinski definition) is 3. The fourth-order valence-electron chi connectivity index (χ4n) is 8.04. The number of anilines is 1. The van der Waals surface area contributed by atoms with Crippen LogP contribution in [0.25, 0.3) is 0 Å². The Kier molecular flexibility index (Phi) is 14.7. The molecule has 4 aliphatic rings. The van der Waals surface area contributed by atoms with Gasteiger partial charge in [-0.1, -0.05) is 55.7 Å². The molecule has 2 unspecified atom stereocenters. The summed E-state index contributed by atoms with van der Waals surface area (Å²) in [7, 11) is 4.58. The van der Waals surface area contributed by atoms with Gasteiger partial charge in [-0.15, -0.1) is 0 Å². The van der Waals surface area contributed by atoms with Gasteiger partial charge in [-0.2, -0.15) is 12.6 Å². The Morgan fingerprint density at radius 3 is 2.61 bits per heavy atom. The summed E-state index contributed by atoms with van der Waals surface area (Å²) in [5.74, 6) is -0.115. The number of methoxy groups -OCH3 is 1. The molecule has 0 radical (unpaired) electrons. The first kappa shape index (κ1) is 44.8. The van der Waals surface area contributed by atoms with Crippen molar-refractivity contribution in [2.75, 3.05) is 38.5 Å². The molecule has 15 heteroatoms. The van der Waals surface area contributed by atoms with Gasteiger partial charge in [0.25, 0.3) is 0 Å². The molecular weight excluding hydrogens is 774 g/mol. The monoisotopic (exact) mass is 833 g/mol. The molecule has 5 rings (SSSR count). The molecule has 1 saturated carbocycles. The number of allylic oxidation sites excluding steroid dienone is 3. The first-order valence-electron chi connectivity index (χ1n) is 20.0. The number of carbonyl (C=O) groups is 4. The van der Waals surface area contributed by atoms with Crippen molar-refractivity contribution in [3.05, 3.63) is 46.5 Å². The molecule has 2 saturated heterocycles. The van der Waals surface area contributed by atoms with E-state index in [2.05, 4.69) is 24.9 Å². The molecule has 3 fully saturated rings. The fourth-order valence-corrected chi connectivity index (χ4v) is 8.52. The zero-order valence-electron chi connectivity index (χ0n) is 34.4. The molecule has 3 heterocycles. The Bertz CT molecular complexity index is 1720. The van der Waals surface area contributed by atoms with Gasteiger partial charge in [-0.3, -0.25) is 14.9 Å². The lowest BCUT2D eigenvalue weighted by atomic mass is 9.83. The Morgan fingerprint density at radius 1 is 1.25 bits per heavy atom. The second kappa shape index (κ2) is 18.7. The maximum Gasteiger partial charge on any atom is 0.409 e. The van der Waals surface area contributed by atoms with Crippen LogP contribution in [0.5, 0.6) is 5.75 Å². The van der Waals surface area contributed by atoms with Crippen LogP contribution in [-0.2, 0) is 39.8 Å². The van der Waals surface area contributed by atoms with E-state index in [1.165, 1.54) is 36.8 Å². The molecular formula is C42H60ClN3O10S. The SMILES string of the molecule is CCCC(COc1cc2cc(c1Cl)N(C)C(=O)C[C@H](OC(=O)[C@H](C)N(C)C(=O)CCS)[C@]1(C)OC1[C@H](C)[C@@H]1C[C@@](O)(NC(=O)O1)[C@H](OC)/C=C/C=C(\C)C2)C1CC1. The highest BCUT2D eigenvalue weighted by Crippen LogP contribution is 2.49. The number of thiol groups is 1. The lowest BCUT2D eigenvalue weighted by Crippen LogP contribution is -2.63. The van der Waals surface area contributed by atoms with Crippen molar-refractivity contribution in [2.24, 2.45) is 17.8 Å². The van der Waals surface area contributed by atoms with Crippen molar-refractivity contribution >= 4 is 53.8 Å². The zero-order valence-corrected chi connectivity index (χ0v) is 36.1. The van der Waals surface area contributed by atoms with Crippen molar-refractivity contribution in [3.63, 3.8) is 0 Å². The Hall–Kier alpha value is -3.30. The number of benzene rings is 1. The number of hydrogen-bond acceptors (Lipinski definition) is 11. The average Bonchev–Trinajstić information content (AvgIpc) is 4.11. The third-order valence-corrected chi connectivity index (χ3v) is 12.6. The topological polar surface area (TPSA) is 156 Å². The van der Waals surface area contributed by atoms with Gasteiger partial charge in [0.05, 0.1) is 24.8 Å². The summed E-state index contributed by atoms with van der Waals surface area (Å²) < 4.78 is 30.3. The molecule has 2 N–H and O–H groups in total. The molecule has 316 valence electrons. The lowest BCUT2D eigenvalue weighted by Gasteiger charge is -2.42. The predicted molar refractivity (Wildman–Crippen MR) is 219 cm³/mol. The van der Waals surface area contributed by atoms with Gasteiger partial charge in [-0.05, 0) is 81.7 Å². The molecule has 13 nitrogen and oxygen atoms in total.